The summed E-state index contributed by atoms with van der Waals surface area (Å²) in [6.45, 7) is 0. The van der Waals surface area contributed by atoms with Crippen molar-refractivity contribution in [3.8, 4) is 0 Å². The van der Waals surface area contributed by atoms with Gasteiger partial charge in [-0.15, -0.1) is 9.79 Å². The van der Waals surface area contributed by atoms with E-state index in [1.165, 1.54) is 24.3 Å². The summed E-state index contributed by atoms with van der Waals surface area (Å²) in [6, 6.07) is 7.20. The molecule has 0 aromatic heterocycles. The van der Waals surface area contributed by atoms with Crippen LogP contribution >= 0.6 is 16.5 Å². The first-order valence-electron chi connectivity index (χ1n) is 3.92. The van der Waals surface area contributed by atoms with E-state index in [4.69, 9.17) is 9.79 Å². The van der Waals surface area contributed by atoms with Crippen LogP contribution in [0.5, 0.6) is 0 Å². The topological polar surface area (TPSA) is 113 Å². The van der Waals surface area contributed by atoms with E-state index in [2.05, 4.69) is 9.05 Å². The molecule has 0 radical (unpaired) electrons. The Morgan fingerprint density at radius 1 is 1.00 bits per heavy atom. The molecule has 0 saturated heterocycles. The third-order valence-electron chi connectivity index (χ3n) is 1.54. The Morgan fingerprint density at radius 2 is 1.44 bits per heavy atom. The van der Waals surface area contributed by atoms with Crippen LogP contribution in [-0.4, -0.2) is 14.9 Å². The van der Waals surface area contributed by atoms with Crippen molar-refractivity contribution < 1.29 is 33.1 Å². The fraction of sp³-hybridized carbons (Fsp3) is 0.143. The van der Waals surface area contributed by atoms with Crippen LogP contribution in [0, 0.1) is 0 Å². The van der Waals surface area contributed by atoms with Crippen LogP contribution in [0.1, 0.15) is 5.56 Å². The molecule has 0 saturated carbocycles. The highest BCUT2D eigenvalue weighted by molar-refractivity contribution is 7.32. The van der Waals surface area contributed by atoms with Crippen LogP contribution in [0.25, 0.3) is 0 Å². The lowest BCUT2D eigenvalue weighted by molar-refractivity contribution is -0.284. The van der Waals surface area contributed by atoms with Crippen molar-refractivity contribution >= 4 is 16.5 Å². The number of hydrogen-bond acceptors (Lipinski definition) is 5. The number of benzene rings is 1. The minimum absolute atomic E-state index is 0.0789. The molecule has 7 nitrogen and oxygen atoms in total. The van der Waals surface area contributed by atoms with Crippen molar-refractivity contribution in [2.75, 3.05) is 0 Å². The number of hydrogen-bond donors (Lipinski definition) is 3. The van der Waals surface area contributed by atoms with Crippen molar-refractivity contribution in [2.24, 2.45) is 0 Å². The molecule has 0 aliphatic rings. The molecular formula is C7H8O7P2+2. The average Bonchev–Trinajstić information content (AvgIpc) is 2.16. The number of rotatable bonds is 5. The average molecular weight is 266 g/mol. The maximum absolute atomic E-state index is 10.5. The summed E-state index contributed by atoms with van der Waals surface area (Å²) in [5, 5.41) is 9.69. The highest BCUT2D eigenvalue weighted by Gasteiger charge is 2.49. The van der Waals surface area contributed by atoms with Crippen LogP contribution in [-0.2, 0) is 24.2 Å². The SMILES string of the molecule is O=[P+](O)OC(O)(O[P+](=O)O)c1ccccc1. The summed E-state index contributed by atoms with van der Waals surface area (Å²) in [5.41, 5.74) is -0.0789. The van der Waals surface area contributed by atoms with Gasteiger partial charge in [-0.25, -0.2) is 0 Å². The lowest BCUT2D eigenvalue weighted by Crippen LogP contribution is -2.28. The highest BCUT2D eigenvalue weighted by atomic mass is 31.1. The molecule has 1 aromatic rings. The lowest BCUT2D eigenvalue weighted by atomic mass is 10.2. The fourth-order valence-corrected chi connectivity index (χ4v) is 1.75. The van der Waals surface area contributed by atoms with E-state index in [0.29, 0.717) is 0 Å². The standard InChI is InChI=1S/C7H6O7P2/c8-7(13-15(9)10,14-16(11)12)6-4-2-1-3-5-6/h1-5,8H/p+2. The van der Waals surface area contributed by atoms with Crippen LogP contribution in [0.15, 0.2) is 30.3 Å². The zero-order valence-corrected chi connectivity index (χ0v) is 9.54. The molecule has 0 heterocycles. The van der Waals surface area contributed by atoms with Gasteiger partial charge in [0.15, 0.2) is 0 Å². The third-order valence-corrected chi connectivity index (χ3v) is 2.35. The van der Waals surface area contributed by atoms with Gasteiger partial charge in [0, 0.05) is 14.7 Å². The zero-order chi connectivity index (χ0) is 12.2. The van der Waals surface area contributed by atoms with Gasteiger partial charge < -0.3 is 5.11 Å². The van der Waals surface area contributed by atoms with Gasteiger partial charge in [0.25, 0.3) is 0 Å². The summed E-state index contributed by atoms with van der Waals surface area (Å²) >= 11 is 0. The van der Waals surface area contributed by atoms with Crippen molar-refractivity contribution in [1.29, 1.82) is 0 Å². The Hall–Kier alpha value is -0.780. The summed E-state index contributed by atoms with van der Waals surface area (Å²) in [5.74, 6) is -2.73. The summed E-state index contributed by atoms with van der Waals surface area (Å²) < 4.78 is 29.3. The Bertz CT molecular complexity index is 377. The second-order valence-corrected chi connectivity index (χ2v) is 3.92. The van der Waals surface area contributed by atoms with E-state index < -0.39 is 22.5 Å². The van der Waals surface area contributed by atoms with Crippen molar-refractivity contribution in [1.82, 2.24) is 0 Å². The monoisotopic (exact) mass is 266 g/mol. The van der Waals surface area contributed by atoms with E-state index in [1.54, 1.807) is 6.07 Å². The van der Waals surface area contributed by atoms with Gasteiger partial charge in [0.2, 0.25) is 0 Å². The molecule has 16 heavy (non-hydrogen) atoms. The van der Waals surface area contributed by atoms with Gasteiger partial charge in [-0.2, -0.15) is 0 Å². The minimum Gasteiger partial charge on any atom is -0.333 e. The van der Waals surface area contributed by atoms with E-state index >= 15 is 0 Å². The van der Waals surface area contributed by atoms with E-state index in [-0.39, 0.29) is 5.56 Å². The molecule has 0 bridgehead atoms. The first-order valence-corrected chi connectivity index (χ1v) is 6.18. The third kappa shape index (κ3) is 3.66. The fourth-order valence-electron chi connectivity index (χ4n) is 0.983. The van der Waals surface area contributed by atoms with Crippen LogP contribution in [0.2, 0.25) is 0 Å². The largest absolute Gasteiger partial charge is 0.700 e. The molecule has 1 rings (SSSR count). The van der Waals surface area contributed by atoms with Crippen LogP contribution in [0.4, 0.5) is 0 Å². The predicted octanol–water partition coefficient (Wildman–Crippen LogP) is 1.12. The normalized spacial score (nSPS) is 16.4. The van der Waals surface area contributed by atoms with Crippen LogP contribution in [0.3, 0.4) is 0 Å². The van der Waals surface area contributed by atoms with Gasteiger partial charge in [0.1, 0.15) is 0 Å². The number of aliphatic hydroxyl groups is 1. The van der Waals surface area contributed by atoms with Gasteiger partial charge in [-0.1, -0.05) is 30.3 Å². The quantitative estimate of drug-likeness (QED) is 0.540. The maximum Gasteiger partial charge on any atom is 0.700 e. The molecule has 0 aliphatic heterocycles. The molecule has 9 heteroatoms. The first-order chi connectivity index (χ1) is 7.44. The molecular weight excluding hydrogens is 258 g/mol. The second-order valence-electron chi connectivity index (χ2n) is 2.61. The van der Waals surface area contributed by atoms with Gasteiger partial charge in [-0.3, -0.25) is 0 Å². The van der Waals surface area contributed by atoms with Crippen LogP contribution < -0.4 is 0 Å². The Morgan fingerprint density at radius 3 is 1.81 bits per heavy atom. The van der Waals surface area contributed by atoms with E-state index in [9.17, 15) is 14.2 Å². The predicted molar refractivity (Wildman–Crippen MR) is 52.2 cm³/mol. The molecule has 0 aliphatic carbocycles. The summed E-state index contributed by atoms with van der Waals surface area (Å²) in [6.07, 6.45) is 0. The molecule has 0 fully saturated rings. The smallest absolute Gasteiger partial charge is 0.333 e. The van der Waals surface area contributed by atoms with Gasteiger partial charge >= 0.3 is 22.5 Å². The highest BCUT2D eigenvalue weighted by Crippen LogP contribution is 2.39. The molecule has 86 valence electrons. The zero-order valence-electron chi connectivity index (χ0n) is 7.76. The van der Waals surface area contributed by atoms with Gasteiger partial charge in [0.05, 0.1) is 0 Å². The molecule has 0 spiro atoms. The Labute approximate surface area is 92.2 Å². The molecule has 1 aromatic carbocycles. The Balaban J connectivity index is 3.04. The van der Waals surface area contributed by atoms with Gasteiger partial charge in [-0.05, 0) is 9.05 Å². The van der Waals surface area contributed by atoms with Crippen molar-refractivity contribution in [3.05, 3.63) is 35.9 Å². The summed E-state index contributed by atoms with van der Waals surface area (Å²) in [4.78, 5) is 17.1. The molecule has 2 atom stereocenters. The van der Waals surface area contributed by atoms with E-state index in [0.717, 1.165) is 0 Å². The Kier molecular flexibility index (Phi) is 4.58. The maximum atomic E-state index is 10.5. The summed E-state index contributed by atoms with van der Waals surface area (Å²) in [7, 11) is -6.41. The second kappa shape index (κ2) is 5.52. The minimum atomic E-state index is -3.21. The first kappa shape index (κ1) is 13.3. The van der Waals surface area contributed by atoms with Crippen molar-refractivity contribution in [3.63, 3.8) is 0 Å². The lowest BCUT2D eigenvalue weighted by Gasteiger charge is -2.13. The molecule has 3 N–H and O–H groups in total. The van der Waals surface area contributed by atoms with E-state index in [1.807, 2.05) is 0 Å². The molecule has 2 unspecified atom stereocenters. The molecule has 0 amide bonds. The van der Waals surface area contributed by atoms with Crippen molar-refractivity contribution in [2.45, 2.75) is 5.97 Å².